The molecule has 20 heavy (non-hydrogen) atoms. The van der Waals surface area contributed by atoms with Gasteiger partial charge in [-0.15, -0.1) is 10.2 Å². The molecule has 2 heterocycles. The first kappa shape index (κ1) is 13.3. The first-order valence-electron chi connectivity index (χ1n) is 5.95. The molecular formula is C12H11ClN4O2S. The van der Waals surface area contributed by atoms with Crippen molar-refractivity contribution < 1.29 is 9.53 Å². The maximum atomic E-state index is 11.4. The number of ether oxygens (including phenoxy) is 1. The van der Waals surface area contributed by atoms with Gasteiger partial charge >= 0.3 is 5.97 Å². The van der Waals surface area contributed by atoms with Crippen LogP contribution in [0.15, 0.2) is 29.4 Å². The first-order valence-corrected chi connectivity index (χ1v) is 7.20. The van der Waals surface area contributed by atoms with Crippen molar-refractivity contribution in [3.05, 3.63) is 29.3 Å². The number of hydrogen-bond acceptors (Lipinski definition) is 6. The number of hydrogen-bond donors (Lipinski definition) is 1. The second-order valence-electron chi connectivity index (χ2n) is 4.25. The number of carbonyl (C=O) groups excluding carboxylic acids is 1. The lowest BCUT2D eigenvalue weighted by Gasteiger charge is -2.05. The van der Waals surface area contributed by atoms with Gasteiger partial charge in [-0.1, -0.05) is 23.4 Å². The van der Waals surface area contributed by atoms with E-state index in [0.717, 1.165) is 5.56 Å². The van der Waals surface area contributed by atoms with Gasteiger partial charge < -0.3 is 10.6 Å². The number of benzene rings is 1. The van der Waals surface area contributed by atoms with Crippen molar-refractivity contribution in [3.63, 3.8) is 0 Å². The summed E-state index contributed by atoms with van der Waals surface area (Å²) in [5, 5.41) is 8.94. The Kier molecular flexibility index (Phi) is 3.54. The van der Waals surface area contributed by atoms with Crippen molar-refractivity contribution in [3.8, 4) is 11.4 Å². The zero-order valence-corrected chi connectivity index (χ0v) is 11.9. The Morgan fingerprint density at radius 2 is 2.10 bits per heavy atom. The Hall–Kier alpha value is -1.73. The molecule has 8 heteroatoms. The monoisotopic (exact) mass is 310 g/mol. The fourth-order valence-corrected chi connectivity index (χ4v) is 2.91. The number of rotatable bonds is 3. The number of carbonyl (C=O) groups is 1. The van der Waals surface area contributed by atoms with Gasteiger partial charge in [-0.05, 0) is 24.3 Å². The fraction of sp³-hybridized carbons (Fsp3) is 0.250. The topological polar surface area (TPSA) is 83.0 Å². The quantitative estimate of drug-likeness (QED) is 0.686. The van der Waals surface area contributed by atoms with Crippen LogP contribution in [-0.4, -0.2) is 32.7 Å². The van der Waals surface area contributed by atoms with Crippen molar-refractivity contribution in [1.29, 1.82) is 0 Å². The molecule has 0 bridgehead atoms. The molecule has 3 rings (SSSR count). The highest BCUT2D eigenvalue weighted by atomic mass is 35.5. The van der Waals surface area contributed by atoms with Crippen LogP contribution < -0.4 is 5.84 Å². The second kappa shape index (κ2) is 5.34. The minimum atomic E-state index is -0.264. The predicted octanol–water partition coefficient (Wildman–Crippen LogP) is 1.72. The van der Waals surface area contributed by atoms with Crippen molar-refractivity contribution >= 4 is 29.3 Å². The first-order chi connectivity index (χ1) is 9.65. The Labute approximate surface area is 124 Å². The number of nitrogens with two attached hydrogens (primary N) is 1. The summed E-state index contributed by atoms with van der Waals surface area (Å²) >= 11 is 7.11. The fourth-order valence-electron chi connectivity index (χ4n) is 1.86. The number of aromatic nitrogens is 3. The number of nitrogen functional groups attached to an aromatic ring is 1. The molecule has 1 saturated heterocycles. The van der Waals surface area contributed by atoms with Gasteiger partial charge in [0.15, 0.2) is 5.82 Å². The summed E-state index contributed by atoms with van der Waals surface area (Å²) in [6.45, 7) is 0.444. The van der Waals surface area contributed by atoms with E-state index in [2.05, 4.69) is 10.2 Å². The Morgan fingerprint density at radius 3 is 2.75 bits per heavy atom. The zero-order valence-electron chi connectivity index (χ0n) is 10.3. The van der Waals surface area contributed by atoms with Gasteiger partial charge in [0.1, 0.15) is 5.25 Å². The SMILES string of the molecule is Nn1c(S[C@H]2CCOC2=O)nnc1-c1ccc(Cl)cc1. The molecule has 1 aromatic heterocycles. The Balaban J connectivity index is 1.85. The molecule has 0 aliphatic carbocycles. The molecule has 2 N–H and O–H groups in total. The van der Waals surface area contributed by atoms with Crippen LogP contribution in [0.4, 0.5) is 0 Å². The van der Waals surface area contributed by atoms with Crippen LogP contribution in [0.1, 0.15) is 6.42 Å². The van der Waals surface area contributed by atoms with E-state index < -0.39 is 0 Å². The van der Waals surface area contributed by atoms with Crippen LogP contribution in [0.25, 0.3) is 11.4 Å². The van der Waals surface area contributed by atoms with E-state index in [-0.39, 0.29) is 11.2 Å². The molecule has 1 aliphatic rings. The van der Waals surface area contributed by atoms with Gasteiger partial charge in [0, 0.05) is 17.0 Å². The third-order valence-corrected chi connectivity index (χ3v) is 4.36. The van der Waals surface area contributed by atoms with Gasteiger partial charge in [0.05, 0.1) is 6.61 Å². The van der Waals surface area contributed by atoms with Crippen LogP contribution in [0, 0.1) is 0 Å². The van der Waals surface area contributed by atoms with E-state index in [1.165, 1.54) is 16.4 Å². The number of cyclic esters (lactones) is 1. The standard InChI is InChI=1S/C12H11ClN4O2S/c13-8-3-1-7(2-4-8)10-15-16-12(17(10)14)20-9-5-6-19-11(9)18/h1-4,9H,5-6,14H2/t9-/m0/s1. The number of halogens is 1. The summed E-state index contributed by atoms with van der Waals surface area (Å²) in [5.41, 5.74) is 0.810. The lowest BCUT2D eigenvalue weighted by Crippen LogP contribution is -2.15. The summed E-state index contributed by atoms with van der Waals surface area (Å²) in [5.74, 6) is 6.28. The van der Waals surface area contributed by atoms with Crippen LogP contribution in [0.2, 0.25) is 5.02 Å². The number of nitrogens with zero attached hydrogens (tertiary/aromatic N) is 3. The lowest BCUT2D eigenvalue weighted by molar-refractivity contribution is -0.137. The van der Waals surface area contributed by atoms with E-state index >= 15 is 0 Å². The number of thioether (sulfide) groups is 1. The molecule has 0 radical (unpaired) electrons. The predicted molar refractivity (Wildman–Crippen MR) is 75.8 cm³/mol. The summed E-state index contributed by atoms with van der Waals surface area (Å²) in [4.78, 5) is 11.4. The largest absolute Gasteiger partial charge is 0.465 e. The molecule has 6 nitrogen and oxygen atoms in total. The molecule has 0 unspecified atom stereocenters. The Bertz CT molecular complexity index is 643. The highest BCUT2D eigenvalue weighted by Crippen LogP contribution is 2.29. The van der Waals surface area contributed by atoms with Gasteiger partial charge in [0.2, 0.25) is 5.16 Å². The van der Waals surface area contributed by atoms with Crippen LogP contribution in [0.5, 0.6) is 0 Å². The minimum absolute atomic E-state index is 0.231. The number of esters is 1. The maximum absolute atomic E-state index is 11.4. The van der Waals surface area contributed by atoms with Crippen molar-refractivity contribution in [1.82, 2.24) is 14.9 Å². The second-order valence-corrected chi connectivity index (χ2v) is 5.85. The van der Waals surface area contributed by atoms with Crippen LogP contribution in [-0.2, 0) is 9.53 Å². The lowest BCUT2D eigenvalue weighted by atomic mass is 10.2. The smallest absolute Gasteiger partial charge is 0.319 e. The van der Waals surface area contributed by atoms with E-state index in [4.69, 9.17) is 22.2 Å². The van der Waals surface area contributed by atoms with Gasteiger partial charge in [-0.3, -0.25) is 4.79 Å². The van der Waals surface area contributed by atoms with Crippen LogP contribution in [0.3, 0.4) is 0 Å². The molecule has 1 aromatic carbocycles. The third kappa shape index (κ3) is 2.46. The summed E-state index contributed by atoms with van der Waals surface area (Å²) in [6.07, 6.45) is 0.659. The molecule has 1 fully saturated rings. The van der Waals surface area contributed by atoms with Gasteiger partial charge in [-0.2, -0.15) is 0 Å². The molecule has 104 valence electrons. The van der Waals surface area contributed by atoms with E-state index in [0.29, 0.717) is 29.0 Å². The molecular weight excluding hydrogens is 300 g/mol. The average molecular weight is 311 g/mol. The van der Waals surface area contributed by atoms with E-state index in [1.807, 2.05) is 12.1 Å². The van der Waals surface area contributed by atoms with Gasteiger partial charge in [-0.25, -0.2) is 4.68 Å². The third-order valence-electron chi connectivity index (χ3n) is 2.90. The van der Waals surface area contributed by atoms with Crippen LogP contribution >= 0.6 is 23.4 Å². The normalized spacial score (nSPS) is 18.2. The Morgan fingerprint density at radius 1 is 1.35 bits per heavy atom. The summed E-state index contributed by atoms with van der Waals surface area (Å²) in [7, 11) is 0. The van der Waals surface area contributed by atoms with Crippen molar-refractivity contribution in [2.75, 3.05) is 12.4 Å². The molecule has 0 spiro atoms. The van der Waals surface area contributed by atoms with Crippen molar-refractivity contribution in [2.24, 2.45) is 0 Å². The maximum Gasteiger partial charge on any atom is 0.319 e. The molecule has 2 aromatic rings. The molecule has 0 amide bonds. The molecule has 1 atom stereocenters. The summed E-state index contributed by atoms with van der Waals surface area (Å²) < 4.78 is 6.28. The highest BCUT2D eigenvalue weighted by Gasteiger charge is 2.29. The van der Waals surface area contributed by atoms with E-state index in [1.54, 1.807) is 12.1 Å². The average Bonchev–Trinajstić information content (AvgIpc) is 3.00. The summed E-state index contributed by atoms with van der Waals surface area (Å²) in [6, 6.07) is 7.14. The zero-order chi connectivity index (χ0) is 14.1. The van der Waals surface area contributed by atoms with Crippen molar-refractivity contribution in [2.45, 2.75) is 16.8 Å². The molecule has 0 saturated carbocycles. The van der Waals surface area contributed by atoms with Gasteiger partial charge in [0.25, 0.3) is 0 Å². The highest BCUT2D eigenvalue weighted by molar-refractivity contribution is 8.00. The molecule has 1 aliphatic heterocycles. The van der Waals surface area contributed by atoms with E-state index in [9.17, 15) is 4.79 Å². The minimum Gasteiger partial charge on any atom is -0.465 e.